The van der Waals surface area contributed by atoms with Crippen LogP contribution >= 0.6 is 0 Å². The average Bonchev–Trinajstić information content (AvgIpc) is 3.78. The van der Waals surface area contributed by atoms with Crippen molar-refractivity contribution in [2.45, 2.75) is 102 Å². The van der Waals surface area contributed by atoms with Gasteiger partial charge in [-0.05, 0) is 76.3 Å². The molecule has 0 unspecified atom stereocenters. The summed E-state index contributed by atoms with van der Waals surface area (Å²) in [4.78, 5) is 46.7. The van der Waals surface area contributed by atoms with Crippen molar-refractivity contribution in [2.24, 2.45) is 17.3 Å². The van der Waals surface area contributed by atoms with Gasteiger partial charge >= 0.3 is 0 Å². The van der Waals surface area contributed by atoms with E-state index in [0.29, 0.717) is 24.2 Å². The summed E-state index contributed by atoms with van der Waals surface area (Å²) < 4.78 is 0. The Morgan fingerprint density at radius 1 is 0.850 bits per heavy atom. The Kier molecular flexibility index (Phi) is 8.56. The Balaban J connectivity index is 0.963. The van der Waals surface area contributed by atoms with Gasteiger partial charge in [0.2, 0.25) is 11.8 Å². The van der Waals surface area contributed by atoms with Crippen molar-refractivity contribution < 1.29 is 9.59 Å². The minimum atomic E-state index is -0.0884. The third-order valence-electron chi connectivity index (χ3n) is 10.5. The van der Waals surface area contributed by atoms with Gasteiger partial charge in [0.25, 0.3) is 0 Å². The van der Waals surface area contributed by atoms with Crippen LogP contribution in [0.4, 0.5) is 0 Å². The monoisotopic (exact) mass is 549 g/mol. The number of nitrogens with zero attached hydrogens (tertiary/aromatic N) is 4. The van der Waals surface area contributed by atoms with Crippen LogP contribution in [0.3, 0.4) is 0 Å². The first-order valence-electron chi connectivity index (χ1n) is 15.9. The molecule has 2 aromatic heterocycles. The van der Waals surface area contributed by atoms with Crippen molar-refractivity contribution in [3.8, 4) is 0 Å². The molecule has 0 aromatic carbocycles. The van der Waals surface area contributed by atoms with Crippen LogP contribution in [-0.2, 0) is 22.4 Å². The van der Waals surface area contributed by atoms with Crippen LogP contribution in [0.15, 0.2) is 24.8 Å². The summed E-state index contributed by atoms with van der Waals surface area (Å²) >= 11 is 0. The van der Waals surface area contributed by atoms with Crippen LogP contribution in [0.2, 0.25) is 0 Å². The van der Waals surface area contributed by atoms with E-state index in [2.05, 4.69) is 35.1 Å². The number of nitrogens with one attached hydrogen (secondary N) is 3. The van der Waals surface area contributed by atoms with Crippen LogP contribution < -0.4 is 5.32 Å². The zero-order valence-electron chi connectivity index (χ0n) is 24.0. The first-order chi connectivity index (χ1) is 19.6. The number of hydrogen-bond acceptors (Lipinski definition) is 5. The fourth-order valence-electron chi connectivity index (χ4n) is 7.98. The van der Waals surface area contributed by atoms with Gasteiger partial charge in [-0.1, -0.05) is 19.3 Å². The summed E-state index contributed by atoms with van der Waals surface area (Å²) in [5.74, 6) is 2.19. The molecule has 4 heterocycles. The molecule has 3 N–H and O–H groups in total. The topological polar surface area (TPSA) is 110 Å². The Morgan fingerprint density at radius 2 is 1.45 bits per heavy atom. The number of aromatic nitrogens is 4. The molecule has 40 heavy (non-hydrogen) atoms. The van der Waals surface area contributed by atoms with E-state index in [-0.39, 0.29) is 23.8 Å². The van der Waals surface area contributed by atoms with Crippen LogP contribution in [0.1, 0.15) is 88.7 Å². The summed E-state index contributed by atoms with van der Waals surface area (Å²) in [7, 11) is 0. The number of likely N-dealkylation sites (tertiary alicyclic amines) is 2. The largest absolute Gasteiger partial charge is 0.352 e. The Labute approximate surface area is 238 Å². The fourth-order valence-corrected chi connectivity index (χ4v) is 7.98. The van der Waals surface area contributed by atoms with Crippen molar-refractivity contribution in [1.29, 1.82) is 0 Å². The summed E-state index contributed by atoms with van der Waals surface area (Å²) in [5, 5.41) is 3.27. The average molecular weight is 550 g/mol. The predicted molar refractivity (Wildman–Crippen MR) is 153 cm³/mol. The molecule has 2 aliphatic carbocycles. The number of hydrogen-bond donors (Lipinski definition) is 3. The van der Waals surface area contributed by atoms with Gasteiger partial charge in [-0.25, -0.2) is 9.97 Å². The van der Waals surface area contributed by atoms with Crippen molar-refractivity contribution in [3.05, 3.63) is 36.4 Å². The maximum atomic E-state index is 13.5. The molecule has 4 aliphatic rings. The molecular weight excluding hydrogens is 502 g/mol. The number of carbonyl (C=O) groups excluding carboxylic acids is 2. The Morgan fingerprint density at radius 3 is 2.05 bits per heavy atom. The van der Waals surface area contributed by atoms with E-state index < -0.39 is 0 Å². The van der Waals surface area contributed by atoms with Gasteiger partial charge in [-0.2, -0.15) is 0 Å². The quantitative estimate of drug-likeness (QED) is 0.463. The molecular formula is C31H47N7O2. The molecule has 4 fully saturated rings. The Bertz CT molecular complexity index is 1040. The highest BCUT2D eigenvalue weighted by Crippen LogP contribution is 2.43. The lowest BCUT2D eigenvalue weighted by molar-refractivity contribution is -0.138. The highest BCUT2D eigenvalue weighted by molar-refractivity contribution is 5.81. The van der Waals surface area contributed by atoms with Crippen molar-refractivity contribution in [2.75, 3.05) is 26.2 Å². The van der Waals surface area contributed by atoms with Crippen LogP contribution in [-0.4, -0.2) is 79.8 Å². The van der Waals surface area contributed by atoms with Crippen molar-refractivity contribution in [3.63, 3.8) is 0 Å². The summed E-state index contributed by atoms with van der Waals surface area (Å²) in [6, 6.07) is 0.720. The maximum absolute atomic E-state index is 13.5. The van der Waals surface area contributed by atoms with Gasteiger partial charge in [-0.15, -0.1) is 0 Å². The minimum Gasteiger partial charge on any atom is -0.352 e. The summed E-state index contributed by atoms with van der Waals surface area (Å²) in [6.07, 6.45) is 22.2. The zero-order chi connectivity index (χ0) is 27.4. The molecule has 2 saturated heterocycles. The number of H-pyrrole nitrogens is 2. The molecule has 9 nitrogen and oxygen atoms in total. The SMILES string of the molecule is O=C(NC(Cc1ncc[nH]1)Cc1ncc[nH]1)C1CCC(C(=O)N2CCC3(CCN(C4CCCCC4)CC3)C2)CC1. The molecule has 0 bridgehead atoms. The van der Waals surface area contributed by atoms with Gasteiger partial charge in [0, 0.05) is 74.6 Å². The number of amides is 2. The lowest BCUT2D eigenvalue weighted by Gasteiger charge is -2.43. The fraction of sp³-hybridized carbons (Fsp3) is 0.742. The van der Waals surface area contributed by atoms with Crippen LogP contribution in [0.5, 0.6) is 0 Å². The second-order valence-electron chi connectivity index (χ2n) is 13.1. The second kappa shape index (κ2) is 12.5. The molecule has 0 atom stereocenters. The molecule has 0 radical (unpaired) electrons. The van der Waals surface area contributed by atoms with E-state index in [0.717, 1.165) is 56.5 Å². The number of imidazole rings is 2. The van der Waals surface area contributed by atoms with Crippen molar-refractivity contribution in [1.82, 2.24) is 35.1 Å². The van der Waals surface area contributed by atoms with Gasteiger partial charge in [0.15, 0.2) is 0 Å². The van der Waals surface area contributed by atoms with Crippen molar-refractivity contribution >= 4 is 11.8 Å². The molecule has 6 rings (SSSR count). The smallest absolute Gasteiger partial charge is 0.225 e. The van der Waals surface area contributed by atoms with Crippen LogP contribution in [0, 0.1) is 17.3 Å². The van der Waals surface area contributed by atoms with Crippen LogP contribution in [0.25, 0.3) is 0 Å². The van der Waals surface area contributed by atoms with Gasteiger partial charge in [0.1, 0.15) is 11.6 Å². The maximum Gasteiger partial charge on any atom is 0.225 e. The molecule has 9 heteroatoms. The third kappa shape index (κ3) is 6.45. The normalized spacial score (nSPS) is 26.0. The summed E-state index contributed by atoms with van der Waals surface area (Å²) in [6.45, 7) is 4.30. The third-order valence-corrected chi connectivity index (χ3v) is 10.5. The molecule has 2 amide bonds. The molecule has 2 aromatic rings. The molecule has 2 saturated carbocycles. The lowest BCUT2D eigenvalue weighted by atomic mass is 9.76. The first-order valence-corrected chi connectivity index (χ1v) is 15.9. The number of piperidine rings is 1. The standard InChI is InChI=1S/C31H47N7O2/c39-29(36-25(20-27-32-13-14-33-27)21-28-34-15-16-35-28)23-6-8-24(9-7-23)30(40)38-19-12-31(22-38)10-17-37(18-11-31)26-4-2-1-3-5-26/h13-16,23-26H,1-12,17-22H2,(H,32,33)(H,34,35)(H,36,39). The van der Waals surface area contributed by atoms with Gasteiger partial charge in [-0.3, -0.25) is 9.59 Å². The number of rotatable bonds is 8. The minimum absolute atomic E-state index is 0.0335. The van der Waals surface area contributed by atoms with E-state index in [4.69, 9.17) is 0 Å². The Hall–Kier alpha value is -2.68. The first kappa shape index (κ1) is 27.5. The highest BCUT2D eigenvalue weighted by atomic mass is 16.2. The number of carbonyl (C=O) groups is 2. The molecule has 218 valence electrons. The molecule has 2 aliphatic heterocycles. The highest BCUT2D eigenvalue weighted by Gasteiger charge is 2.44. The summed E-state index contributed by atoms with van der Waals surface area (Å²) in [5.41, 5.74) is 0.342. The van der Waals surface area contributed by atoms with Gasteiger partial charge < -0.3 is 25.1 Å². The second-order valence-corrected chi connectivity index (χ2v) is 13.1. The van der Waals surface area contributed by atoms with E-state index >= 15 is 0 Å². The van der Waals surface area contributed by atoms with E-state index in [1.54, 1.807) is 12.4 Å². The van der Waals surface area contributed by atoms with E-state index in [1.807, 2.05) is 12.4 Å². The van der Waals surface area contributed by atoms with E-state index in [9.17, 15) is 9.59 Å². The van der Waals surface area contributed by atoms with E-state index in [1.165, 1.54) is 64.5 Å². The zero-order valence-corrected chi connectivity index (χ0v) is 24.0. The predicted octanol–water partition coefficient (Wildman–Crippen LogP) is 3.86. The van der Waals surface area contributed by atoms with Gasteiger partial charge in [0.05, 0.1) is 0 Å². The molecule has 1 spiro atoms. The lowest BCUT2D eigenvalue weighted by Crippen LogP contribution is -2.47. The number of aromatic amines is 2.